The van der Waals surface area contributed by atoms with Crippen LogP contribution >= 0.6 is 0 Å². The Bertz CT molecular complexity index is 1070. The van der Waals surface area contributed by atoms with Gasteiger partial charge < -0.3 is 9.47 Å². The minimum absolute atomic E-state index is 0.226. The number of carbonyl (C=O) groups excluding carboxylic acids is 1. The van der Waals surface area contributed by atoms with Crippen molar-refractivity contribution in [1.82, 2.24) is 5.01 Å². The topological polar surface area (TPSA) is 97.3 Å². The van der Waals surface area contributed by atoms with Gasteiger partial charge in [-0.05, 0) is 18.2 Å². The van der Waals surface area contributed by atoms with Crippen LogP contribution in [0.3, 0.4) is 0 Å². The molecule has 1 N–H and O–H groups in total. The van der Waals surface area contributed by atoms with Crippen molar-refractivity contribution in [3.63, 3.8) is 0 Å². The van der Waals surface area contributed by atoms with Crippen molar-refractivity contribution in [3.05, 3.63) is 53.6 Å². The first-order valence-electron chi connectivity index (χ1n) is 8.90. The number of nitrogens with one attached hydrogen (secondary N) is 1. The summed E-state index contributed by atoms with van der Waals surface area (Å²) in [6.45, 7) is 1.44. The fourth-order valence-corrected chi connectivity index (χ4v) is 3.90. The lowest BCUT2D eigenvalue weighted by Crippen LogP contribution is -2.24. The van der Waals surface area contributed by atoms with Crippen molar-refractivity contribution in [2.24, 2.45) is 5.10 Å². The van der Waals surface area contributed by atoms with E-state index in [0.717, 1.165) is 11.8 Å². The average molecular weight is 417 g/mol. The number of methoxy groups -OCH3 is 2. The van der Waals surface area contributed by atoms with E-state index >= 15 is 0 Å². The zero-order chi connectivity index (χ0) is 21.2. The zero-order valence-electron chi connectivity index (χ0n) is 16.7. The maximum absolute atomic E-state index is 12.3. The van der Waals surface area contributed by atoms with Crippen molar-refractivity contribution in [3.8, 4) is 11.5 Å². The molecule has 29 heavy (non-hydrogen) atoms. The van der Waals surface area contributed by atoms with Gasteiger partial charge in [0.05, 0.1) is 37.9 Å². The second-order valence-corrected chi connectivity index (χ2v) is 8.41. The minimum atomic E-state index is -3.46. The molecule has 1 heterocycles. The van der Waals surface area contributed by atoms with E-state index in [1.165, 1.54) is 11.9 Å². The summed E-state index contributed by atoms with van der Waals surface area (Å²) in [6.07, 6.45) is 1.50. The Labute approximate surface area is 170 Å². The molecule has 154 valence electrons. The molecule has 0 bridgehead atoms. The van der Waals surface area contributed by atoms with Crippen LogP contribution in [0.2, 0.25) is 0 Å². The number of carbonyl (C=O) groups is 1. The predicted molar refractivity (Wildman–Crippen MR) is 111 cm³/mol. The molecule has 0 saturated heterocycles. The monoisotopic (exact) mass is 417 g/mol. The molecule has 9 heteroatoms. The summed E-state index contributed by atoms with van der Waals surface area (Å²) >= 11 is 0. The SMILES string of the molecule is COc1ccc(C2CC(c3ccccc3NS(C)(=O)=O)=NN2C(C)=O)c(OC)c1. The average Bonchev–Trinajstić information content (AvgIpc) is 3.12. The zero-order valence-corrected chi connectivity index (χ0v) is 17.5. The van der Waals surface area contributed by atoms with Crippen LogP contribution in [0.4, 0.5) is 5.69 Å². The molecule has 8 nitrogen and oxygen atoms in total. The van der Waals surface area contributed by atoms with Gasteiger partial charge in [0.1, 0.15) is 11.5 Å². The van der Waals surface area contributed by atoms with Crippen LogP contribution in [0.1, 0.15) is 30.5 Å². The van der Waals surface area contributed by atoms with Crippen LogP contribution < -0.4 is 14.2 Å². The molecule has 1 atom stereocenters. The van der Waals surface area contributed by atoms with Gasteiger partial charge in [0.15, 0.2) is 0 Å². The number of hydrazone groups is 1. The highest BCUT2D eigenvalue weighted by molar-refractivity contribution is 7.92. The number of hydrogen-bond donors (Lipinski definition) is 1. The molecule has 0 radical (unpaired) electrons. The molecule has 1 aliphatic heterocycles. The van der Waals surface area contributed by atoms with Crippen LogP contribution in [0.5, 0.6) is 11.5 Å². The van der Waals surface area contributed by atoms with Crippen molar-refractivity contribution in [2.75, 3.05) is 25.2 Å². The molecule has 0 spiro atoms. The number of amides is 1. The predicted octanol–water partition coefficient (Wildman–Crippen LogP) is 2.77. The lowest BCUT2D eigenvalue weighted by Gasteiger charge is -2.22. The third-order valence-corrected chi connectivity index (χ3v) is 5.16. The van der Waals surface area contributed by atoms with Gasteiger partial charge >= 0.3 is 0 Å². The summed E-state index contributed by atoms with van der Waals surface area (Å²) in [5, 5.41) is 5.90. The summed E-state index contributed by atoms with van der Waals surface area (Å²) in [5.74, 6) is 0.998. The Morgan fingerprint density at radius 2 is 1.90 bits per heavy atom. The minimum Gasteiger partial charge on any atom is -0.497 e. The standard InChI is InChI=1S/C20H23N3O5S/c1-13(24)23-19(16-10-9-14(27-2)11-20(16)28-3)12-18(21-23)15-7-5-6-8-17(15)22-29(4,25)26/h5-11,19,22H,12H2,1-4H3. The van der Waals surface area contributed by atoms with Gasteiger partial charge in [-0.3, -0.25) is 9.52 Å². The number of rotatable bonds is 6. The molecule has 2 aromatic rings. The lowest BCUT2D eigenvalue weighted by molar-refractivity contribution is -0.130. The Morgan fingerprint density at radius 1 is 1.17 bits per heavy atom. The number of benzene rings is 2. The highest BCUT2D eigenvalue weighted by Gasteiger charge is 2.34. The van der Waals surface area contributed by atoms with Gasteiger partial charge in [0.25, 0.3) is 0 Å². The first-order chi connectivity index (χ1) is 13.7. The highest BCUT2D eigenvalue weighted by atomic mass is 32.2. The molecule has 0 fully saturated rings. The number of sulfonamides is 1. The smallest absolute Gasteiger partial charge is 0.240 e. The van der Waals surface area contributed by atoms with E-state index in [1.54, 1.807) is 50.6 Å². The van der Waals surface area contributed by atoms with Crippen molar-refractivity contribution in [2.45, 2.75) is 19.4 Å². The normalized spacial score (nSPS) is 16.3. The van der Waals surface area contributed by atoms with Gasteiger partial charge in [0, 0.05) is 30.5 Å². The maximum atomic E-state index is 12.3. The Hall–Kier alpha value is -3.07. The summed E-state index contributed by atoms with van der Waals surface area (Å²) in [5.41, 5.74) is 2.43. The number of ether oxygens (including phenoxy) is 2. The molecular weight excluding hydrogens is 394 g/mol. The van der Waals surface area contributed by atoms with Crippen LogP contribution in [-0.4, -0.2) is 45.5 Å². The van der Waals surface area contributed by atoms with E-state index in [4.69, 9.17) is 9.47 Å². The van der Waals surface area contributed by atoms with E-state index in [1.807, 2.05) is 6.07 Å². The molecule has 1 unspecified atom stereocenters. The van der Waals surface area contributed by atoms with Crippen molar-refractivity contribution < 1.29 is 22.7 Å². The molecule has 0 aromatic heterocycles. The third kappa shape index (κ3) is 4.51. The number of hydrogen-bond acceptors (Lipinski definition) is 6. The van der Waals surface area contributed by atoms with Crippen LogP contribution in [0.15, 0.2) is 47.6 Å². The van der Waals surface area contributed by atoms with E-state index in [9.17, 15) is 13.2 Å². The van der Waals surface area contributed by atoms with E-state index in [-0.39, 0.29) is 11.9 Å². The Balaban J connectivity index is 2.02. The van der Waals surface area contributed by atoms with E-state index < -0.39 is 10.0 Å². The third-order valence-electron chi connectivity index (χ3n) is 4.57. The summed E-state index contributed by atoms with van der Waals surface area (Å²) < 4.78 is 36.7. The Kier molecular flexibility index (Phi) is 5.78. The Morgan fingerprint density at radius 3 is 2.52 bits per heavy atom. The van der Waals surface area contributed by atoms with Crippen molar-refractivity contribution in [1.29, 1.82) is 0 Å². The fourth-order valence-electron chi connectivity index (χ4n) is 3.32. The fraction of sp³-hybridized carbons (Fsp3) is 0.300. The van der Waals surface area contributed by atoms with E-state index in [2.05, 4.69) is 9.82 Å². The molecule has 1 aliphatic rings. The number of nitrogens with zero attached hydrogens (tertiary/aromatic N) is 2. The summed E-state index contributed by atoms with van der Waals surface area (Å²) in [6, 6.07) is 12.0. The van der Waals surface area contributed by atoms with Crippen LogP contribution in [-0.2, 0) is 14.8 Å². The van der Waals surface area contributed by atoms with Crippen LogP contribution in [0, 0.1) is 0 Å². The number of para-hydroxylation sites is 1. The quantitative estimate of drug-likeness (QED) is 0.779. The van der Waals surface area contributed by atoms with Gasteiger partial charge in [0.2, 0.25) is 15.9 Å². The maximum Gasteiger partial charge on any atom is 0.240 e. The molecular formula is C20H23N3O5S. The summed E-state index contributed by atoms with van der Waals surface area (Å²) in [4.78, 5) is 12.3. The van der Waals surface area contributed by atoms with Crippen molar-refractivity contribution >= 4 is 27.3 Å². The molecule has 1 amide bonds. The summed E-state index contributed by atoms with van der Waals surface area (Å²) in [7, 11) is -0.340. The lowest BCUT2D eigenvalue weighted by atomic mass is 9.97. The largest absolute Gasteiger partial charge is 0.497 e. The van der Waals surface area contributed by atoms with Gasteiger partial charge in [-0.15, -0.1) is 0 Å². The van der Waals surface area contributed by atoms with Gasteiger partial charge in [-0.1, -0.05) is 18.2 Å². The van der Waals surface area contributed by atoms with Gasteiger partial charge in [-0.25, -0.2) is 13.4 Å². The molecule has 3 rings (SSSR count). The second kappa shape index (κ2) is 8.12. The van der Waals surface area contributed by atoms with E-state index in [0.29, 0.717) is 34.9 Å². The first-order valence-corrected chi connectivity index (χ1v) is 10.8. The molecule has 2 aromatic carbocycles. The second-order valence-electron chi connectivity index (χ2n) is 6.66. The van der Waals surface area contributed by atoms with Gasteiger partial charge in [-0.2, -0.15) is 5.10 Å². The van der Waals surface area contributed by atoms with Crippen LogP contribution in [0.25, 0.3) is 0 Å². The molecule has 0 aliphatic carbocycles. The molecule has 0 saturated carbocycles. The highest BCUT2D eigenvalue weighted by Crippen LogP contribution is 2.39. The number of anilines is 1. The first kappa shape index (κ1) is 20.7.